The molecule has 0 aliphatic heterocycles. The lowest BCUT2D eigenvalue weighted by atomic mass is 10.0. The maximum atomic E-state index is 12.8. The molecular weight excluding hydrogens is 593 g/mol. The van der Waals surface area contributed by atoms with E-state index >= 15 is 0 Å². The zero-order valence-electron chi connectivity index (χ0n) is 22.9. The number of aromatic nitrogens is 2. The topological polar surface area (TPSA) is 118 Å². The minimum atomic E-state index is -0.354. The van der Waals surface area contributed by atoms with E-state index in [1.54, 1.807) is 108 Å². The van der Waals surface area contributed by atoms with Crippen molar-refractivity contribution in [2.75, 3.05) is 10.6 Å². The standard InChI is InChI=1S/C34H22N4O4S2/c39-29(21-7-3-1-4-8-21)23-11-15-25(16-12-23)31(41)37-33-35-27(19-43-33)28-20-44-34(36-28)38-32(42)26-17-13-24(14-18-26)30(40)22-9-5-2-6-10-22/h1-20H,(H,35,37,41)(H,36,38,42). The van der Waals surface area contributed by atoms with E-state index in [-0.39, 0.29) is 23.4 Å². The molecule has 0 spiro atoms. The van der Waals surface area contributed by atoms with Crippen LogP contribution in [0.3, 0.4) is 0 Å². The van der Waals surface area contributed by atoms with E-state index in [9.17, 15) is 19.2 Å². The van der Waals surface area contributed by atoms with Crippen molar-refractivity contribution in [1.82, 2.24) is 9.97 Å². The van der Waals surface area contributed by atoms with E-state index in [1.165, 1.54) is 22.7 Å². The van der Waals surface area contributed by atoms with E-state index in [0.717, 1.165) is 0 Å². The maximum absolute atomic E-state index is 12.8. The van der Waals surface area contributed by atoms with Gasteiger partial charge in [-0.15, -0.1) is 22.7 Å². The molecule has 6 rings (SSSR count). The van der Waals surface area contributed by atoms with Crippen LogP contribution in [0, 0.1) is 0 Å². The van der Waals surface area contributed by atoms with Crippen molar-refractivity contribution in [3.63, 3.8) is 0 Å². The van der Waals surface area contributed by atoms with Gasteiger partial charge in [-0.25, -0.2) is 9.97 Å². The number of ketones is 2. The summed E-state index contributed by atoms with van der Waals surface area (Å²) >= 11 is 2.49. The number of thiazole rings is 2. The first-order valence-electron chi connectivity index (χ1n) is 13.4. The molecule has 0 saturated heterocycles. The molecule has 6 aromatic rings. The molecule has 0 unspecified atom stereocenters. The quantitative estimate of drug-likeness (QED) is 0.166. The second-order valence-corrected chi connectivity index (χ2v) is 11.2. The minimum Gasteiger partial charge on any atom is -0.298 e. The summed E-state index contributed by atoms with van der Waals surface area (Å²) in [7, 11) is 0. The lowest BCUT2D eigenvalue weighted by Crippen LogP contribution is -2.12. The molecule has 2 aromatic heterocycles. The van der Waals surface area contributed by atoms with Gasteiger partial charge in [0.15, 0.2) is 21.8 Å². The third-order valence-electron chi connectivity index (χ3n) is 6.60. The Morgan fingerprint density at radius 2 is 0.750 bits per heavy atom. The third kappa shape index (κ3) is 6.41. The summed E-state index contributed by atoms with van der Waals surface area (Å²) in [5.74, 6) is -0.942. The number of nitrogens with one attached hydrogen (secondary N) is 2. The summed E-state index contributed by atoms with van der Waals surface area (Å²) in [4.78, 5) is 59.8. The van der Waals surface area contributed by atoms with E-state index in [4.69, 9.17) is 0 Å². The highest BCUT2D eigenvalue weighted by Crippen LogP contribution is 2.28. The Balaban J connectivity index is 1.05. The van der Waals surface area contributed by atoms with Crippen molar-refractivity contribution in [2.45, 2.75) is 0 Å². The monoisotopic (exact) mass is 614 g/mol. The summed E-state index contributed by atoms with van der Waals surface area (Å²) in [5, 5.41) is 9.86. The zero-order valence-corrected chi connectivity index (χ0v) is 24.5. The maximum Gasteiger partial charge on any atom is 0.257 e. The molecule has 0 bridgehead atoms. The van der Waals surface area contributed by atoms with Crippen LogP contribution in [0.15, 0.2) is 120 Å². The van der Waals surface area contributed by atoms with Crippen molar-refractivity contribution >= 4 is 56.3 Å². The Labute approximate surface area is 260 Å². The van der Waals surface area contributed by atoms with Gasteiger partial charge in [0.05, 0.1) is 0 Å². The molecule has 0 aliphatic carbocycles. The fourth-order valence-electron chi connectivity index (χ4n) is 4.29. The predicted octanol–water partition coefficient (Wildman–Crippen LogP) is 7.23. The van der Waals surface area contributed by atoms with Gasteiger partial charge in [-0.1, -0.05) is 84.9 Å². The van der Waals surface area contributed by atoms with Gasteiger partial charge >= 0.3 is 0 Å². The molecule has 10 heteroatoms. The average Bonchev–Trinajstić information content (AvgIpc) is 3.74. The average molecular weight is 615 g/mol. The highest BCUT2D eigenvalue weighted by molar-refractivity contribution is 7.15. The number of amides is 2. The highest BCUT2D eigenvalue weighted by Gasteiger charge is 2.16. The first-order valence-corrected chi connectivity index (χ1v) is 15.1. The van der Waals surface area contributed by atoms with Crippen LogP contribution < -0.4 is 10.6 Å². The molecule has 2 N–H and O–H groups in total. The van der Waals surface area contributed by atoms with E-state index < -0.39 is 0 Å². The molecular formula is C34H22N4O4S2. The molecule has 8 nitrogen and oxygen atoms in total. The van der Waals surface area contributed by atoms with Crippen LogP contribution in [-0.4, -0.2) is 33.3 Å². The van der Waals surface area contributed by atoms with Gasteiger partial charge in [-0.3, -0.25) is 29.8 Å². The summed E-state index contributed by atoms with van der Waals surface area (Å²) in [6.45, 7) is 0. The van der Waals surface area contributed by atoms with E-state index in [1.807, 2.05) is 12.1 Å². The second-order valence-electron chi connectivity index (χ2n) is 9.53. The molecule has 0 saturated carbocycles. The summed E-state index contributed by atoms with van der Waals surface area (Å²) in [5.41, 5.74) is 4.03. The highest BCUT2D eigenvalue weighted by atomic mass is 32.1. The summed E-state index contributed by atoms with van der Waals surface area (Å²) < 4.78 is 0. The number of nitrogens with zero attached hydrogens (tertiary/aromatic N) is 2. The van der Waals surface area contributed by atoms with Crippen LogP contribution in [-0.2, 0) is 0 Å². The van der Waals surface area contributed by atoms with Crippen LogP contribution in [0.4, 0.5) is 10.3 Å². The molecule has 0 atom stereocenters. The van der Waals surface area contributed by atoms with Crippen molar-refractivity contribution < 1.29 is 19.2 Å². The molecule has 4 aromatic carbocycles. The number of hydrogen-bond donors (Lipinski definition) is 2. The summed E-state index contributed by atoms with van der Waals surface area (Å²) in [6.07, 6.45) is 0. The van der Waals surface area contributed by atoms with Crippen molar-refractivity contribution in [3.05, 3.63) is 153 Å². The predicted molar refractivity (Wildman–Crippen MR) is 172 cm³/mol. The fourth-order valence-corrected chi connectivity index (χ4v) is 5.69. The Morgan fingerprint density at radius 3 is 1.11 bits per heavy atom. The van der Waals surface area contributed by atoms with Gasteiger partial charge in [0.2, 0.25) is 0 Å². The van der Waals surface area contributed by atoms with Crippen LogP contribution in [0.5, 0.6) is 0 Å². The van der Waals surface area contributed by atoms with Gasteiger partial charge in [-0.05, 0) is 24.3 Å². The van der Waals surface area contributed by atoms with Gasteiger partial charge in [0.25, 0.3) is 11.8 Å². The Morgan fingerprint density at radius 1 is 0.432 bits per heavy atom. The number of rotatable bonds is 9. The molecule has 0 aliphatic rings. The number of carbonyl (C=O) groups excluding carboxylic acids is 4. The van der Waals surface area contributed by atoms with E-state index in [0.29, 0.717) is 55.0 Å². The van der Waals surface area contributed by atoms with Crippen molar-refractivity contribution in [2.24, 2.45) is 0 Å². The Kier molecular flexibility index (Phi) is 8.26. The molecule has 0 radical (unpaired) electrons. The smallest absolute Gasteiger partial charge is 0.257 e. The lowest BCUT2D eigenvalue weighted by molar-refractivity contribution is 0.101. The molecule has 0 fully saturated rings. The third-order valence-corrected chi connectivity index (χ3v) is 8.12. The Hall–Kier alpha value is -5.58. The number of anilines is 2. The van der Waals surface area contributed by atoms with Gasteiger partial charge in [-0.2, -0.15) is 0 Å². The largest absolute Gasteiger partial charge is 0.298 e. The van der Waals surface area contributed by atoms with Crippen LogP contribution in [0.2, 0.25) is 0 Å². The Bertz CT molecular complexity index is 1820. The molecule has 2 amide bonds. The number of carbonyl (C=O) groups is 4. The SMILES string of the molecule is O=C(Nc1nc(-c2csc(NC(=O)c3ccc(C(=O)c4ccccc4)cc3)n2)cs1)c1ccc(C(=O)c2ccccc2)cc1. The van der Waals surface area contributed by atoms with Gasteiger partial charge < -0.3 is 0 Å². The van der Waals surface area contributed by atoms with Crippen LogP contribution >= 0.6 is 22.7 Å². The normalized spacial score (nSPS) is 10.6. The van der Waals surface area contributed by atoms with Gasteiger partial charge in [0.1, 0.15) is 11.4 Å². The van der Waals surface area contributed by atoms with Crippen molar-refractivity contribution in [1.29, 1.82) is 0 Å². The van der Waals surface area contributed by atoms with Crippen molar-refractivity contribution in [3.8, 4) is 11.4 Å². The first-order chi connectivity index (χ1) is 21.4. The number of hydrogen-bond acceptors (Lipinski definition) is 8. The molecule has 2 heterocycles. The summed E-state index contributed by atoms with van der Waals surface area (Å²) in [6, 6.07) is 30.8. The fraction of sp³-hybridized carbons (Fsp3) is 0. The minimum absolute atomic E-state index is 0.117. The van der Waals surface area contributed by atoms with Crippen LogP contribution in [0.25, 0.3) is 11.4 Å². The molecule has 214 valence electrons. The van der Waals surface area contributed by atoms with Crippen LogP contribution in [0.1, 0.15) is 52.6 Å². The molecule has 44 heavy (non-hydrogen) atoms. The second kappa shape index (κ2) is 12.7. The zero-order chi connectivity index (χ0) is 30.5. The lowest BCUT2D eigenvalue weighted by Gasteiger charge is -2.04. The number of benzene rings is 4. The van der Waals surface area contributed by atoms with Gasteiger partial charge in [0, 0.05) is 44.1 Å². The first kappa shape index (κ1) is 28.5. The van der Waals surface area contributed by atoms with E-state index in [2.05, 4.69) is 20.6 Å².